The number of likely N-dealkylation sites (tertiary alicyclic amines) is 1. The summed E-state index contributed by atoms with van der Waals surface area (Å²) >= 11 is 0. The van der Waals surface area contributed by atoms with Crippen LogP contribution in [0.2, 0.25) is 0 Å². The van der Waals surface area contributed by atoms with Gasteiger partial charge in [0.15, 0.2) is 0 Å². The number of nitrogens with one attached hydrogen (secondary N) is 3. The molecule has 2 aromatic carbocycles. The first-order valence-electron chi connectivity index (χ1n) is 12.6. The number of imidazole rings is 1. The summed E-state index contributed by atoms with van der Waals surface area (Å²) < 4.78 is 5.44. The molecule has 1 aliphatic rings. The lowest BCUT2D eigenvalue weighted by atomic mass is 10.0. The van der Waals surface area contributed by atoms with Crippen LogP contribution in [-0.4, -0.2) is 62.5 Å². The largest absolute Gasteiger partial charge is 0.444 e. The molecule has 1 saturated heterocycles. The van der Waals surface area contributed by atoms with Crippen molar-refractivity contribution >= 4 is 45.7 Å². The number of H-pyrrole nitrogens is 1. The average Bonchev–Trinajstić information content (AvgIpc) is 3.30. The van der Waals surface area contributed by atoms with E-state index in [4.69, 9.17) is 4.74 Å². The Labute approximate surface area is 219 Å². The fraction of sp³-hybridized carbons (Fsp3) is 0.321. The minimum absolute atomic E-state index is 0.0754. The summed E-state index contributed by atoms with van der Waals surface area (Å²) in [6.45, 7) is 6.52. The third kappa shape index (κ3) is 5.59. The molecule has 4 aromatic rings. The zero-order chi connectivity index (χ0) is 26.9. The number of benzene rings is 2. The van der Waals surface area contributed by atoms with E-state index in [1.807, 2.05) is 45.0 Å². The number of aromatic amines is 1. The lowest BCUT2D eigenvalue weighted by molar-refractivity contribution is 0.0199. The highest BCUT2D eigenvalue weighted by Gasteiger charge is 2.28. The number of ether oxygens (including phenoxy) is 1. The molecule has 2 aromatic heterocycles. The number of rotatable bonds is 4. The maximum absolute atomic E-state index is 13.1. The molecular formula is C28H30N6O4. The third-order valence-electron chi connectivity index (χ3n) is 6.33. The molecule has 10 heteroatoms. The van der Waals surface area contributed by atoms with Crippen molar-refractivity contribution in [2.24, 2.45) is 0 Å². The van der Waals surface area contributed by atoms with Gasteiger partial charge in [0, 0.05) is 30.7 Å². The second-order valence-corrected chi connectivity index (χ2v) is 10.4. The van der Waals surface area contributed by atoms with Crippen LogP contribution >= 0.6 is 0 Å². The predicted octanol–water partition coefficient (Wildman–Crippen LogP) is 4.49. The molecule has 38 heavy (non-hydrogen) atoms. The summed E-state index contributed by atoms with van der Waals surface area (Å²) in [7, 11) is 0. The molecule has 196 valence electrons. The summed E-state index contributed by atoms with van der Waals surface area (Å²) in [6, 6.07) is 14.6. The number of carbonyl (C=O) groups excluding carboxylic acids is 3. The first-order chi connectivity index (χ1) is 18.2. The first kappa shape index (κ1) is 25.2. The Kier molecular flexibility index (Phi) is 6.71. The second-order valence-electron chi connectivity index (χ2n) is 10.4. The monoisotopic (exact) mass is 514 g/mol. The van der Waals surface area contributed by atoms with E-state index in [0.29, 0.717) is 42.5 Å². The van der Waals surface area contributed by atoms with Gasteiger partial charge in [-0.1, -0.05) is 30.3 Å². The smallest absolute Gasteiger partial charge is 0.410 e. The van der Waals surface area contributed by atoms with Gasteiger partial charge in [0.1, 0.15) is 16.8 Å². The van der Waals surface area contributed by atoms with Gasteiger partial charge in [0.25, 0.3) is 11.8 Å². The van der Waals surface area contributed by atoms with E-state index in [-0.39, 0.29) is 29.7 Å². The van der Waals surface area contributed by atoms with E-state index < -0.39 is 11.5 Å². The fourth-order valence-electron chi connectivity index (χ4n) is 4.45. The number of para-hydroxylation sites is 1. The highest BCUT2D eigenvalue weighted by atomic mass is 16.6. The summed E-state index contributed by atoms with van der Waals surface area (Å²) in [5.41, 5.74) is 1.20. The molecule has 0 unspecified atom stereocenters. The van der Waals surface area contributed by atoms with Crippen LogP contribution in [0.1, 0.15) is 54.5 Å². The quantitative estimate of drug-likeness (QED) is 0.368. The summed E-state index contributed by atoms with van der Waals surface area (Å²) in [6.07, 6.45) is 2.57. The number of fused-ring (bicyclic) bond motifs is 2. The third-order valence-corrected chi connectivity index (χ3v) is 6.33. The predicted molar refractivity (Wildman–Crippen MR) is 144 cm³/mol. The van der Waals surface area contributed by atoms with E-state index in [9.17, 15) is 14.4 Å². The minimum atomic E-state index is -0.547. The fourth-order valence-corrected chi connectivity index (χ4v) is 4.45. The molecule has 0 saturated carbocycles. The molecule has 3 N–H and O–H groups in total. The van der Waals surface area contributed by atoms with Crippen molar-refractivity contribution in [3.63, 3.8) is 0 Å². The van der Waals surface area contributed by atoms with Gasteiger partial charge in [0.05, 0.1) is 11.1 Å². The van der Waals surface area contributed by atoms with Crippen LogP contribution in [0.4, 0.5) is 10.7 Å². The molecule has 3 heterocycles. The zero-order valence-corrected chi connectivity index (χ0v) is 21.6. The normalized spacial score (nSPS) is 14.4. The van der Waals surface area contributed by atoms with Gasteiger partial charge in [-0.05, 0) is 57.2 Å². The number of hydrogen-bond donors (Lipinski definition) is 3. The van der Waals surface area contributed by atoms with E-state index in [0.717, 1.165) is 10.8 Å². The highest BCUT2D eigenvalue weighted by molar-refractivity contribution is 6.07. The van der Waals surface area contributed by atoms with Crippen molar-refractivity contribution in [1.82, 2.24) is 25.2 Å². The first-order valence-corrected chi connectivity index (χ1v) is 12.6. The van der Waals surface area contributed by atoms with E-state index in [1.54, 1.807) is 35.4 Å². The molecular weight excluding hydrogens is 484 g/mol. The molecule has 5 rings (SSSR count). The lowest BCUT2D eigenvalue weighted by Crippen LogP contribution is -2.47. The van der Waals surface area contributed by atoms with Gasteiger partial charge in [-0.3, -0.25) is 19.9 Å². The van der Waals surface area contributed by atoms with Crippen molar-refractivity contribution in [2.45, 2.75) is 45.3 Å². The highest BCUT2D eigenvalue weighted by Crippen LogP contribution is 2.21. The number of pyridine rings is 1. The van der Waals surface area contributed by atoms with E-state index in [1.165, 1.54) is 0 Å². The lowest BCUT2D eigenvalue weighted by Gasteiger charge is -2.33. The standard InChI is InChI=1S/C28H30N6O4/c1-28(2,3)38-27(37)34-13-11-19(12-14-34)30-24(35)20-9-6-10-21-23(20)32-26(31-21)33-25(36)22-15-17-7-4-5-8-18(17)16-29-22/h4-10,15-16,19H,11-14H2,1-3H3,(H,30,35)(H2,31,32,33,36). The molecule has 0 bridgehead atoms. The number of piperidine rings is 1. The molecule has 0 radical (unpaired) electrons. The van der Waals surface area contributed by atoms with Gasteiger partial charge in [-0.2, -0.15) is 0 Å². The van der Waals surface area contributed by atoms with Gasteiger partial charge >= 0.3 is 6.09 Å². The summed E-state index contributed by atoms with van der Waals surface area (Å²) in [5, 5.41) is 7.65. The van der Waals surface area contributed by atoms with Crippen LogP contribution < -0.4 is 10.6 Å². The van der Waals surface area contributed by atoms with Crippen molar-refractivity contribution in [3.8, 4) is 0 Å². The molecule has 10 nitrogen and oxygen atoms in total. The Morgan fingerprint density at radius 1 is 1.00 bits per heavy atom. The Bertz CT molecular complexity index is 1510. The van der Waals surface area contributed by atoms with Crippen molar-refractivity contribution in [2.75, 3.05) is 18.4 Å². The van der Waals surface area contributed by atoms with Crippen LogP contribution in [0.3, 0.4) is 0 Å². The van der Waals surface area contributed by atoms with Gasteiger partial charge < -0.3 is 19.9 Å². The SMILES string of the molecule is CC(C)(C)OC(=O)N1CCC(NC(=O)c2cccc3[nH]c(NC(=O)c4cc5ccccc5cn4)nc23)CC1. The summed E-state index contributed by atoms with van der Waals surface area (Å²) in [5.74, 6) is -0.435. The van der Waals surface area contributed by atoms with Crippen LogP contribution in [0, 0.1) is 0 Å². The number of hydrogen-bond acceptors (Lipinski definition) is 6. The maximum Gasteiger partial charge on any atom is 0.410 e. The van der Waals surface area contributed by atoms with Crippen LogP contribution in [0.5, 0.6) is 0 Å². The molecule has 0 atom stereocenters. The Morgan fingerprint density at radius 2 is 1.74 bits per heavy atom. The van der Waals surface area contributed by atoms with E-state index in [2.05, 4.69) is 25.6 Å². The molecule has 0 spiro atoms. The zero-order valence-electron chi connectivity index (χ0n) is 21.6. The minimum Gasteiger partial charge on any atom is -0.444 e. The van der Waals surface area contributed by atoms with Crippen LogP contribution in [0.15, 0.2) is 54.7 Å². The number of amides is 3. The molecule has 1 aliphatic heterocycles. The Morgan fingerprint density at radius 3 is 2.47 bits per heavy atom. The molecule has 1 fully saturated rings. The molecule has 3 amide bonds. The average molecular weight is 515 g/mol. The number of aromatic nitrogens is 3. The second kappa shape index (κ2) is 10.1. The number of anilines is 1. The number of carbonyl (C=O) groups is 3. The Hall–Kier alpha value is -4.47. The van der Waals surface area contributed by atoms with E-state index >= 15 is 0 Å². The van der Waals surface area contributed by atoms with Gasteiger partial charge in [-0.25, -0.2) is 9.78 Å². The molecule has 0 aliphatic carbocycles. The van der Waals surface area contributed by atoms with Gasteiger partial charge in [0.2, 0.25) is 5.95 Å². The van der Waals surface area contributed by atoms with Crippen LogP contribution in [-0.2, 0) is 4.74 Å². The van der Waals surface area contributed by atoms with Crippen molar-refractivity contribution < 1.29 is 19.1 Å². The van der Waals surface area contributed by atoms with Crippen molar-refractivity contribution in [3.05, 3.63) is 66.0 Å². The summed E-state index contributed by atoms with van der Waals surface area (Å²) in [4.78, 5) is 51.7. The van der Waals surface area contributed by atoms with Crippen LogP contribution in [0.25, 0.3) is 21.8 Å². The topological polar surface area (TPSA) is 129 Å². The van der Waals surface area contributed by atoms with Crippen molar-refractivity contribution in [1.29, 1.82) is 0 Å². The Balaban J connectivity index is 1.24. The maximum atomic E-state index is 13.1. The number of nitrogens with zero attached hydrogens (tertiary/aromatic N) is 3. The van der Waals surface area contributed by atoms with Gasteiger partial charge in [-0.15, -0.1) is 0 Å².